The molecule has 37 heavy (non-hydrogen) atoms. The Morgan fingerprint density at radius 1 is 1.19 bits per heavy atom. The van der Waals surface area contributed by atoms with Crippen LogP contribution >= 0.6 is 23.1 Å². The number of hydrogen-bond acceptors (Lipinski definition) is 8. The second kappa shape index (κ2) is 11.4. The van der Waals surface area contributed by atoms with Gasteiger partial charge in [-0.05, 0) is 75.4 Å². The van der Waals surface area contributed by atoms with Crippen LogP contribution in [0.4, 0.5) is 0 Å². The average Bonchev–Trinajstić information content (AvgIpc) is 3.17. The van der Waals surface area contributed by atoms with E-state index in [-0.39, 0.29) is 11.7 Å². The van der Waals surface area contributed by atoms with Crippen LogP contribution in [0.2, 0.25) is 0 Å². The molecule has 0 unspecified atom stereocenters. The molecule has 1 atom stereocenters. The van der Waals surface area contributed by atoms with Crippen molar-refractivity contribution in [2.24, 2.45) is 4.99 Å². The lowest BCUT2D eigenvalue weighted by Crippen LogP contribution is -2.40. The Bertz CT molecular complexity index is 1520. The van der Waals surface area contributed by atoms with Crippen molar-refractivity contribution in [3.63, 3.8) is 0 Å². The molecule has 1 aliphatic heterocycles. The quantitative estimate of drug-likeness (QED) is 0.314. The number of hydrogen-bond donors (Lipinski definition) is 0. The number of rotatable bonds is 8. The number of carbonyl (C=O) groups excluding carboxylic acids is 1. The minimum atomic E-state index is -0.643. The standard InChI is InChI=1S/C28H30N2O5S2/c1-7-34-21-13-8-18(14-22(21)33-5)15-23-26(31)30-25(19-9-11-20(36-6)12-10-19)24(27(32)35-16(2)3)17(4)29-28(30)37-23/h8-16,25H,7H2,1-6H3/b23-15-/t25-/m0/s1. The van der Waals surface area contributed by atoms with Crippen molar-refractivity contribution in [2.45, 2.75) is 44.7 Å². The zero-order valence-corrected chi connectivity index (χ0v) is 23.4. The summed E-state index contributed by atoms with van der Waals surface area (Å²) in [6.07, 6.45) is 3.51. The van der Waals surface area contributed by atoms with E-state index in [2.05, 4.69) is 4.99 Å². The molecule has 2 aromatic carbocycles. The van der Waals surface area contributed by atoms with E-state index in [0.29, 0.717) is 38.7 Å². The zero-order chi connectivity index (χ0) is 26.7. The van der Waals surface area contributed by atoms with Crippen molar-refractivity contribution in [1.29, 1.82) is 0 Å². The highest BCUT2D eigenvalue weighted by molar-refractivity contribution is 7.98. The van der Waals surface area contributed by atoms with Crippen LogP contribution in [-0.2, 0) is 9.53 Å². The highest BCUT2D eigenvalue weighted by Gasteiger charge is 2.33. The number of thioether (sulfide) groups is 1. The molecule has 0 amide bonds. The van der Waals surface area contributed by atoms with E-state index in [1.807, 2.05) is 55.6 Å². The number of allylic oxidation sites excluding steroid dienone is 1. The van der Waals surface area contributed by atoms with Gasteiger partial charge < -0.3 is 14.2 Å². The molecule has 0 spiro atoms. The van der Waals surface area contributed by atoms with E-state index >= 15 is 0 Å². The molecule has 194 valence electrons. The van der Waals surface area contributed by atoms with Crippen LogP contribution in [0.5, 0.6) is 11.5 Å². The molecule has 0 N–H and O–H groups in total. The van der Waals surface area contributed by atoms with Crippen molar-refractivity contribution in [3.8, 4) is 11.5 Å². The number of aromatic nitrogens is 1. The van der Waals surface area contributed by atoms with Crippen LogP contribution in [0.1, 0.15) is 44.9 Å². The van der Waals surface area contributed by atoms with Gasteiger partial charge in [0, 0.05) is 4.90 Å². The average molecular weight is 539 g/mol. The molecule has 9 heteroatoms. The van der Waals surface area contributed by atoms with Gasteiger partial charge in [-0.25, -0.2) is 9.79 Å². The van der Waals surface area contributed by atoms with E-state index in [1.165, 1.54) is 11.3 Å². The van der Waals surface area contributed by atoms with Crippen molar-refractivity contribution >= 4 is 35.1 Å². The van der Waals surface area contributed by atoms with E-state index in [1.54, 1.807) is 50.3 Å². The monoisotopic (exact) mass is 538 g/mol. The minimum absolute atomic E-state index is 0.224. The summed E-state index contributed by atoms with van der Waals surface area (Å²) < 4.78 is 18.7. The third-order valence-corrected chi connectivity index (χ3v) is 7.53. The smallest absolute Gasteiger partial charge is 0.338 e. The summed E-state index contributed by atoms with van der Waals surface area (Å²) in [6.45, 7) is 7.82. The number of ether oxygens (including phenoxy) is 3. The summed E-state index contributed by atoms with van der Waals surface area (Å²) in [6, 6.07) is 12.8. The Hall–Kier alpha value is -3.30. The highest BCUT2D eigenvalue weighted by Crippen LogP contribution is 2.32. The largest absolute Gasteiger partial charge is 0.493 e. The van der Waals surface area contributed by atoms with Crippen LogP contribution in [0.15, 0.2) is 68.4 Å². The van der Waals surface area contributed by atoms with Crippen molar-refractivity contribution < 1.29 is 19.0 Å². The summed E-state index contributed by atoms with van der Waals surface area (Å²) in [5.41, 5.74) is 2.30. The fourth-order valence-corrected chi connectivity index (χ4v) is 5.62. The summed E-state index contributed by atoms with van der Waals surface area (Å²) in [5, 5.41) is 0. The molecule has 3 aromatic rings. The van der Waals surface area contributed by atoms with E-state index in [0.717, 1.165) is 16.0 Å². The molecular formula is C28H30N2O5S2. The predicted molar refractivity (Wildman–Crippen MR) is 147 cm³/mol. The molecule has 0 saturated heterocycles. The minimum Gasteiger partial charge on any atom is -0.493 e. The molecule has 7 nitrogen and oxygen atoms in total. The second-order valence-corrected chi connectivity index (χ2v) is 10.5. The Labute approximate surface area is 224 Å². The number of fused-ring (bicyclic) bond motifs is 1. The van der Waals surface area contributed by atoms with Gasteiger partial charge in [-0.2, -0.15) is 0 Å². The van der Waals surface area contributed by atoms with Crippen molar-refractivity contribution in [3.05, 3.63) is 84.5 Å². The molecular weight excluding hydrogens is 508 g/mol. The summed E-state index contributed by atoms with van der Waals surface area (Å²) in [7, 11) is 1.58. The lowest BCUT2D eigenvalue weighted by molar-refractivity contribution is -0.143. The Morgan fingerprint density at radius 3 is 2.54 bits per heavy atom. The van der Waals surface area contributed by atoms with Crippen LogP contribution in [0, 0.1) is 0 Å². The second-order valence-electron chi connectivity index (χ2n) is 8.65. The van der Waals surface area contributed by atoms with Gasteiger partial charge in [0.1, 0.15) is 0 Å². The van der Waals surface area contributed by atoms with Crippen molar-refractivity contribution in [2.75, 3.05) is 20.0 Å². The highest BCUT2D eigenvalue weighted by atomic mass is 32.2. The third-order valence-electron chi connectivity index (χ3n) is 5.80. The molecule has 0 radical (unpaired) electrons. The van der Waals surface area contributed by atoms with E-state index in [9.17, 15) is 9.59 Å². The first-order valence-electron chi connectivity index (χ1n) is 12.0. The van der Waals surface area contributed by atoms with Gasteiger partial charge >= 0.3 is 5.97 Å². The van der Waals surface area contributed by atoms with Crippen LogP contribution in [-0.4, -0.2) is 36.6 Å². The van der Waals surface area contributed by atoms with Gasteiger partial charge in [-0.1, -0.05) is 29.5 Å². The molecule has 0 fully saturated rings. The van der Waals surface area contributed by atoms with Gasteiger partial charge in [0.25, 0.3) is 5.56 Å². The molecule has 0 bridgehead atoms. The maximum atomic E-state index is 13.8. The number of nitrogens with zero attached hydrogens (tertiary/aromatic N) is 2. The van der Waals surface area contributed by atoms with Gasteiger partial charge in [0.15, 0.2) is 16.3 Å². The number of esters is 1. The van der Waals surface area contributed by atoms with Crippen LogP contribution < -0.4 is 24.4 Å². The van der Waals surface area contributed by atoms with Gasteiger partial charge in [0.2, 0.25) is 0 Å². The number of carbonyl (C=O) groups is 1. The van der Waals surface area contributed by atoms with Gasteiger partial charge in [-0.15, -0.1) is 11.8 Å². The number of methoxy groups -OCH3 is 1. The summed E-state index contributed by atoms with van der Waals surface area (Å²) in [4.78, 5) is 33.3. The Morgan fingerprint density at radius 2 is 1.92 bits per heavy atom. The molecule has 0 saturated carbocycles. The van der Waals surface area contributed by atoms with Crippen LogP contribution in [0.25, 0.3) is 6.08 Å². The first-order valence-corrected chi connectivity index (χ1v) is 14.0. The first kappa shape index (κ1) is 26.8. The summed E-state index contributed by atoms with van der Waals surface area (Å²) >= 11 is 2.92. The Balaban J connectivity index is 1.89. The fraction of sp³-hybridized carbons (Fsp3) is 0.321. The van der Waals surface area contributed by atoms with Gasteiger partial charge in [0.05, 0.1) is 41.7 Å². The fourth-order valence-electron chi connectivity index (χ4n) is 4.16. The number of thiazole rings is 1. The summed E-state index contributed by atoms with van der Waals surface area (Å²) in [5.74, 6) is 0.756. The van der Waals surface area contributed by atoms with Crippen LogP contribution in [0.3, 0.4) is 0 Å². The lowest BCUT2D eigenvalue weighted by atomic mass is 9.96. The molecule has 4 rings (SSSR count). The van der Waals surface area contributed by atoms with E-state index in [4.69, 9.17) is 14.2 Å². The topological polar surface area (TPSA) is 79.1 Å². The van der Waals surface area contributed by atoms with E-state index < -0.39 is 12.0 Å². The maximum Gasteiger partial charge on any atom is 0.338 e. The first-order chi connectivity index (χ1) is 17.8. The normalized spacial score (nSPS) is 15.4. The molecule has 1 aromatic heterocycles. The zero-order valence-electron chi connectivity index (χ0n) is 21.7. The maximum absolute atomic E-state index is 13.8. The SMILES string of the molecule is CCOc1ccc(/C=c2\sc3n(c2=O)[C@@H](c2ccc(SC)cc2)C(C(=O)OC(C)C)=C(C)N=3)cc1OC. The molecule has 1 aliphatic rings. The lowest BCUT2D eigenvalue weighted by Gasteiger charge is -2.25. The Kier molecular flexibility index (Phi) is 8.24. The molecule has 2 heterocycles. The third kappa shape index (κ3) is 5.52. The van der Waals surface area contributed by atoms with Crippen molar-refractivity contribution in [1.82, 2.24) is 4.57 Å². The molecule has 0 aliphatic carbocycles. The number of benzene rings is 2. The predicted octanol–water partition coefficient (Wildman–Crippen LogP) is 4.32. The van der Waals surface area contributed by atoms with Gasteiger partial charge in [-0.3, -0.25) is 9.36 Å².